The molecule has 25 heavy (non-hydrogen) atoms. The van der Waals surface area contributed by atoms with Gasteiger partial charge in [-0.15, -0.1) is 11.3 Å². The minimum absolute atomic E-state index is 0.127. The van der Waals surface area contributed by atoms with Crippen LogP contribution in [0.15, 0.2) is 34.1 Å². The number of nitrogens with one attached hydrogen (secondary N) is 2. The van der Waals surface area contributed by atoms with Crippen LogP contribution in [0, 0.1) is 5.92 Å². The van der Waals surface area contributed by atoms with Crippen molar-refractivity contribution in [2.45, 2.75) is 32.4 Å². The maximum Gasteiger partial charge on any atom is 0.321 e. The van der Waals surface area contributed by atoms with Gasteiger partial charge in [-0.1, -0.05) is 13.0 Å². The van der Waals surface area contributed by atoms with Gasteiger partial charge in [0, 0.05) is 10.8 Å². The number of likely N-dealkylation sites (N-methyl/N-ethyl adjacent to an activating group) is 1. The summed E-state index contributed by atoms with van der Waals surface area (Å²) in [6.07, 6.45) is 1.19. The molecule has 2 aromatic rings. The van der Waals surface area contributed by atoms with E-state index in [0.717, 1.165) is 16.4 Å². The first-order valence-corrected chi connectivity index (χ1v) is 9.26. The highest BCUT2D eigenvalue weighted by atomic mass is 32.1. The summed E-state index contributed by atoms with van der Waals surface area (Å²) in [6.45, 7) is 3.29. The molecule has 1 saturated carbocycles. The third-order valence-corrected chi connectivity index (χ3v) is 5.13. The van der Waals surface area contributed by atoms with Crippen LogP contribution in [-0.2, 0) is 17.9 Å². The summed E-state index contributed by atoms with van der Waals surface area (Å²) in [5.74, 6) is 2.79. The largest absolute Gasteiger partial charge is 0.464 e. The number of carbonyl (C=O) groups excluding carboxylic acids is 2. The molecule has 0 saturated heterocycles. The summed E-state index contributed by atoms with van der Waals surface area (Å²) >= 11 is 1.56. The number of thiophene rings is 1. The fraction of sp³-hybridized carbons (Fsp3) is 0.444. The minimum atomic E-state index is -0.477. The van der Waals surface area contributed by atoms with Crippen LogP contribution >= 0.6 is 11.3 Å². The van der Waals surface area contributed by atoms with E-state index < -0.39 is 6.03 Å². The SMILES string of the molecule is C[C@H]1C[C@@H]1c1ccc(CN(C)CC(=O)NC(=O)NCc2cccs2)o1. The molecule has 0 radical (unpaired) electrons. The predicted octanol–water partition coefficient (Wildman–Crippen LogP) is 2.92. The second-order valence-corrected chi connectivity index (χ2v) is 7.64. The number of furan rings is 1. The van der Waals surface area contributed by atoms with Crippen LogP contribution < -0.4 is 10.6 Å². The normalized spacial score (nSPS) is 19.0. The molecule has 3 rings (SSSR count). The van der Waals surface area contributed by atoms with Crippen LogP contribution in [0.4, 0.5) is 4.79 Å². The van der Waals surface area contributed by atoms with Gasteiger partial charge in [0.2, 0.25) is 5.91 Å². The van der Waals surface area contributed by atoms with E-state index in [2.05, 4.69) is 17.6 Å². The lowest BCUT2D eigenvalue weighted by Gasteiger charge is -2.14. The number of urea groups is 1. The number of carbonyl (C=O) groups is 2. The summed E-state index contributed by atoms with van der Waals surface area (Å²) in [6, 6.07) is 7.36. The molecule has 2 heterocycles. The summed E-state index contributed by atoms with van der Waals surface area (Å²) in [4.78, 5) is 26.5. The molecule has 2 atom stereocenters. The van der Waals surface area contributed by atoms with E-state index in [9.17, 15) is 9.59 Å². The van der Waals surface area contributed by atoms with Crippen LogP contribution in [-0.4, -0.2) is 30.4 Å². The Balaban J connectivity index is 1.38. The van der Waals surface area contributed by atoms with Crippen molar-refractivity contribution < 1.29 is 14.0 Å². The highest BCUT2D eigenvalue weighted by molar-refractivity contribution is 7.09. The molecule has 2 aromatic heterocycles. The highest BCUT2D eigenvalue weighted by Gasteiger charge is 2.36. The summed E-state index contributed by atoms with van der Waals surface area (Å²) in [5, 5.41) is 6.95. The van der Waals surface area contributed by atoms with Crippen LogP contribution in [0.1, 0.15) is 35.7 Å². The molecule has 0 unspecified atom stereocenters. The van der Waals surface area contributed by atoms with Gasteiger partial charge in [-0.2, -0.15) is 0 Å². The summed E-state index contributed by atoms with van der Waals surface area (Å²) in [5.41, 5.74) is 0. The first-order valence-electron chi connectivity index (χ1n) is 8.38. The number of imide groups is 1. The van der Waals surface area contributed by atoms with E-state index in [4.69, 9.17) is 4.42 Å². The number of hydrogen-bond donors (Lipinski definition) is 2. The Morgan fingerprint density at radius 3 is 2.84 bits per heavy atom. The van der Waals surface area contributed by atoms with Crippen molar-refractivity contribution in [3.05, 3.63) is 46.0 Å². The van der Waals surface area contributed by atoms with Gasteiger partial charge in [-0.25, -0.2) is 4.79 Å². The zero-order valence-corrected chi connectivity index (χ0v) is 15.3. The van der Waals surface area contributed by atoms with E-state index in [1.165, 1.54) is 6.42 Å². The van der Waals surface area contributed by atoms with Crippen LogP contribution in [0.25, 0.3) is 0 Å². The molecule has 3 amide bonds. The highest BCUT2D eigenvalue weighted by Crippen LogP contribution is 2.47. The number of nitrogens with zero attached hydrogens (tertiary/aromatic N) is 1. The van der Waals surface area contributed by atoms with Crippen LogP contribution in [0.5, 0.6) is 0 Å². The van der Waals surface area contributed by atoms with Gasteiger partial charge in [0.25, 0.3) is 0 Å². The Hall–Kier alpha value is -2.12. The molecule has 7 heteroatoms. The third-order valence-electron chi connectivity index (χ3n) is 4.25. The van der Waals surface area contributed by atoms with E-state index in [0.29, 0.717) is 24.9 Å². The van der Waals surface area contributed by atoms with Crippen molar-refractivity contribution in [3.8, 4) is 0 Å². The zero-order valence-electron chi connectivity index (χ0n) is 14.5. The van der Waals surface area contributed by atoms with Gasteiger partial charge < -0.3 is 9.73 Å². The fourth-order valence-electron chi connectivity index (χ4n) is 2.76. The van der Waals surface area contributed by atoms with Crippen molar-refractivity contribution in [3.63, 3.8) is 0 Å². The molecule has 2 N–H and O–H groups in total. The Labute approximate surface area is 151 Å². The monoisotopic (exact) mass is 361 g/mol. The molecule has 0 bridgehead atoms. The van der Waals surface area contributed by atoms with Crippen molar-refractivity contribution in [1.29, 1.82) is 0 Å². The Morgan fingerprint density at radius 2 is 2.16 bits per heavy atom. The average Bonchev–Trinajstić information content (AvgIpc) is 2.96. The van der Waals surface area contributed by atoms with Crippen LogP contribution in [0.3, 0.4) is 0 Å². The Morgan fingerprint density at radius 1 is 1.36 bits per heavy atom. The molecule has 0 aromatic carbocycles. The maximum atomic E-state index is 11.9. The van der Waals surface area contributed by atoms with Gasteiger partial charge in [-0.3, -0.25) is 15.0 Å². The molecule has 6 nitrogen and oxygen atoms in total. The third kappa shape index (κ3) is 5.17. The second kappa shape index (κ2) is 7.84. The van der Waals surface area contributed by atoms with Gasteiger partial charge in [0.15, 0.2) is 0 Å². The van der Waals surface area contributed by atoms with E-state index in [1.54, 1.807) is 11.3 Å². The first-order chi connectivity index (χ1) is 12.0. The van der Waals surface area contributed by atoms with Crippen molar-refractivity contribution >= 4 is 23.3 Å². The molecule has 0 aliphatic heterocycles. The fourth-order valence-corrected chi connectivity index (χ4v) is 3.40. The molecule has 134 valence electrons. The molecular weight excluding hydrogens is 338 g/mol. The smallest absolute Gasteiger partial charge is 0.321 e. The zero-order chi connectivity index (χ0) is 17.8. The van der Waals surface area contributed by atoms with E-state index in [-0.39, 0.29) is 12.5 Å². The molecule has 1 fully saturated rings. The lowest BCUT2D eigenvalue weighted by atomic mass is 10.3. The van der Waals surface area contributed by atoms with Crippen molar-refractivity contribution in [2.75, 3.05) is 13.6 Å². The Kier molecular flexibility index (Phi) is 5.55. The van der Waals surface area contributed by atoms with Gasteiger partial charge >= 0.3 is 6.03 Å². The lowest BCUT2D eigenvalue weighted by molar-refractivity contribution is -0.121. The second-order valence-electron chi connectivity index (χ2n) is 6.61. The number of rotatable bonds is 7. The minimum Gasteiger partial charge on any atom is -0.464 e. The molecule has 0 spiro atoms. The molecular formula is C18H23N3O3S. The summed E-state index contributed by atoms with van der Waals surface area (Å²) < 4.78 is 5.84. The van der Waals surface area contributed by atoms with Crippen molar-refractivity contribution in [1.82, 2.24) is 15.5 Å². The standard InChI is InChI=1S/C18H23N3O3S/c1-12-8-15(12)16-6-5-13(24-16)10-21(2)11-17(22)20-18(23)19-9-14-4-3-7-25-14/h3-7,12,15H,8-11H2,1-2H3,(H2,19,20,22,23)/t12-,15-/m0/s1. The maximum absolute atomic E-state index is 11.9. The quantitative estimate of drug-likeness (QED) is 0.795. The van der Waals surface area contributed by atoms with E-state index >= 15 is 0 Å². The lowest BCUT2D eigenvalue weighted by Crippen LogP contribution is -2.43. The van der Waals surface area contributed by atoms with Crippen molar-refractivity contribution in [2.24, 2.45) is 5.92 Å². The molecule has 1 aliphatic carbocycles. The van der Waals surface area contributed by atoms with E-state index in [1.807, 2.05) is 41.6 Å². The predicted molar refractivity (Wildman–Crippen MR) is 96.3 cm³/mol. The topological polar surface area (TPSA) is 74.6 Å². The van der Waals surface area contributed by atoms with Crippen LogP contribution in [0.2, 0.25) is 0 Å². The number of hydrogen-bond acceptors (Lipinski definition) is 5. The Bertz CT molecular complexity index is 726. The van der Waals surface area contributed by atoms with Gasteiger partial charge in [0.1, 0.15) is 11.5 Å². The number of amides is 3. The molecule has 1 aliphatic rings. The average molecular weight is 361 g/mol. The van der Waals surface area contributed by atoms with Gasteiger partial charge in [-0.05, 0) is 43.0 Å². The van der Waals surface area contributed by atoms with Gasteiger partial charge in [0.05, 0.1) is 19.6 Å². The summed E-state index contributed by atoms with van der Waals surface area (Å²) in [7, 11) is 1.82. The first kappa shape index (κ1) is 17.7.